The summed E-state index contributed by atoms with van der Waals surface area (Å²) in [7, 11) is 0. The Kier molecular flexibility index (Phi) is 13.6. The van der Waals surface area contributed by atoms with Crippen LogP contribution in [-0.4, -0.2) is 0 Å². The van der Waals surface area contributed by atoms with Crippen LogP contribution in [-0.2, 0) is 10.8 Å². The molecule has 0 radical (unpaired) electrons. The molecule has 0 aliphatic heterocycles. The van der Waals surface area contributed by atoms with Gasteiger partial charge in [0.2, 0.25) is 0 Å². The fraction of sp³-hybridized carbons (Fsp3) is 0.0185. The zero-order valence-corrected chi connectivity index (χ0v) is 61.6. The summed E-state index contributed by atoms with van der Waals surface area (Å²) >= 11 is 1.88. The van der Waals surface area contributed by atoms with Gasteiger partial charge in [-0.3, -0.25) is 0 Å². The van der Waals surface area contributed by atoms with Crippen LogP contribution in [0.25, 0.3) is 142 Å². The zero-order valence-electron chi connectivity index (χ0n) is 60.8. The monoisotopic (exact) mass is 1440 g/mol. The molecule has 2 aromatic heterocycles. The van der Waals surface area contributed by atoms with Crippen molar-refractivity contribution in [2.45, 2.75) is 10.8 Å². The van der Waals surface area contributed by atoms with Gasteiger partial charge in [0, 0.05) is 65.1 Å². The van der Waals surface area contributed by atoms with Crippen molar-refractivity contribution < 1.29 is 4.42 Å². The minimum Gasteiger partial charge on any atom is -0.456 e. The van der Waals surface area contributed by atoms with E-state index in [0.29, 0.717) is 0 Å². The Morgan fingerprint density at radius 3 is 1.13 bits per heavy atom. The highest BCUT2D eigenvalue weighted by Crippen LogP contribution is 2.66. The Bertz CT molecular complexity index is 7200. The van der Waals surface area contributed by atoms with E-state index >= 15 is 0 Å². The van der Waals surface area contributed by atoms with Gasteiger partial charge in [0.1, 0.15) is 11.2 Å². The molecular weight excluding hydrogens is 1370 g/mol. The van der Waals surface area contributed by atoms with E-state index in [0.717, 1.165) is 89.4 Å². The molecule has 20 aromatic rings. The third kappa shape index (κ3) is 8.98. The number of rotatable bonds is 10. The lowest BCUT2D eigenvalue weighted by molar-refractivity contribution is 0.669. The summed E-state index contributed by atoms with van der Waals surface area (Å²) in [5.74, 6) is 0. The van der Waals surface area contributed by atoms with Crippen molar-refractivity contribution in [3.05, 3.63) is 445 Å². The van der Waals surface area contributed by atoms with Gasteiger partial charge in [0.15, 0.2) is 0 Å². The molecule has 24 rings (SSSR count). The van der Waals surface area contributed by atoms with Crippen molar-refractivity contribution in [3.63, 3.8) is 0 Å². The standard InChI is InChI=1S/C108H66N2OS/c1-2-22-74(23-3-1)109(78-55-58-88-86-29-10-17-38-99(86)107(101(88)65-78)95-34-13-6-25-82(95)83-26-7-14-35-96(83)107)75-49-41-67(42-50-75)70-48-60-103-94(62-70)90-57-47-72(64-104(90)111-103)93-63-73(61-71-21-4-5-24-80(71)93)68-43-51-76(52-44-68)110(77-53-45-69(46-54-77)81-32-20-33-92-91-31-12-19-40-105(91)112-106(81)92)79-56-59-89-87-30-11-18-39-100(87)108(102(89)66-79)97-36-15-8-27-84(97)85-28-9-16-37-98(85)108/h1-66H. The van der Waals surface area contributed by atoms with Gasteiger partial charge < -0.3 is 14.2 Å². The smallest absolute Gasteiger partial charge is 0.136 e. The first-order chi connectivity index (χ1) is 55.5. The number of anilines is 6. The Balaban J connectivity index is 0.574. The van der Waals surface area contributed by atoms with Crippen LogP contribution in [0.1, 0.15) is 44.5 Å². The molecule has 0 N–H and O–H groups in total. The normalized spacial score (nSPS) is 13.3. The first-order valence-corrected chi connectivity index (χ1v) is 39.6. The van der Waals surface area contributed by atoms with Crippen molar-refractivity contribution in [2.24, 2.45) is 0 Å². The lowest BCUT2D eigenvalue weighted by Crippen LogP contribution is -2.26. The zero-order chi connectivity index (χ0) is 73.3. The first kappa shape index (κ1) is 62.8. The molecule has 0 bridgehead atoms. The lowest BCUT2D eigenvalue weighted by Gasteiger charge is -2.32. The molecule has 0 fully saturated rings. The molecule has 112 heavy (non-hydrogen) atoms. The van der Waals surface area contributed by atoms with E-state index < -0.39 is 10.8 Å². The third-order valence-corrected chi connectivity index (χ3v) is 26.1. The van der Waals surface area contributed by atoms with Gasteiger partial charge >= 0.3 is 0 Å². The molecule has 18 aromatic carbocycles. The summed E-state index contributed by atoms with van der Waals surface area (Å²) < 4.78 is 9.48. The van der Waals surface area contributed by atoms with Crippen LogP contribution in [0, 0.1) is 0 Å². The van der Waals surface area contributed by atoms with Crippen LogP contribution < -0.4 is 9.80 Å². The molecule has 4 aliphatic rings. The quantitative estimate of drug-likeness (QED) is 0.136. The van der Waals surface area contributed by atoms with Gasteiger partial charge in [-0.25, -0.2) is 0 Å². The molecule has 2 spiro atoms. The van der Waals surface area contributed by atoms with E-state index in [1.54, 1.807) is 0 Å². The topological polar surface area (TPSA) is 19.6 Å². The van der Waals surface area contributed by atoms with E-state index in [2.05, 4.69) is 410 Å². The summed E-state index contributed by atoms with van der Waals surface area (Å²) in [4.78, 5) is 4.87. The highest BCUT2D eigenvalue weighted by atomic mass is 32.1. The summed E-state index contributed by atoms with van der Waals surface area (Å²) in [6.07, 6.45) is 0. The van der Waals surface area contributed by atoms with Gasteiger partial charge in [-0.2, -0.15) is 0 Å². The highest BCUT2D eigenvalue weighted by Gasteiger charge is 2.53. The van der Waals surface area contributed by atoms with E-state index in [1.165, 1.54) is 131 Å². The maximum atomic E-state index is 6.86. The molecule has 3 nitrogen and oxygen atoms in total. The van der Waals surface area contributed by atoms with E-state index in [-0.39, 0.29) is 0 Å². The molecule has 0 atom stereocenters. The number of hydrogen-bond acceptors (Lipinski definition) is 4. The first-order valence-electron chi connectivity index (χ1n) is 38.8. The molecule has 520 valence electrons. The SMILES string of the molecule is c1ccc(N(c2ccc(-c3ccc4oc5cc(-c6cc(-c7ccc(N(c8ccc(-c9cccc%10c9sc9ccccc9%10)cc8)c8ccc9c(c8)C8(c%10ccccc%10-c%10ccccc%108)c8ccccc8-9)cc7)cc7ccccc67)ccc5c4c3)cc2)c2ccc3c(c2)C2(c4ccccc4-c4ccccc42)c2ccccc2-3)cc1. The molecule has 0 amide bonds. The number of hydrogen-bond donors (Lipinski definition) is 0. The second-order valence-electron chi connectivity index (χ2n) is 30.4. The number of benzene rings is 18. The number of furan rings is 1. The molecule has 2 heterocycles. The van der Waals surface area contributed by atoms with Crippen LogP contribution in [0.5, 0.6) is 0 Å². The second kappa shape index (κ2) is 24.2. The average Bonchev–Trinajstić information content (AvgIpc) is 1.51. The predicted octanol–water partition coefficient (Wildman–Crippen LogP) is 29.4. The summed E-state index contributed by atoms with van der Waals surface area (Å²) in [5, 5.41) is 7.14. The van der Waals surface area contributed by atoms with Crippen molar-refractivity contribution in [3.8, 4) is 89.0 Å². The van der Waals surface area contributed by atoms with Crippen LogP contribution in [0.15, 0.2) is 405 Å². The Morgan fingerprint density at radius 1 is 0.196 bits per heavy atom. The van der Waals surface area contributed by atoms with Crippen LogP contribution in [0.3, 0.4) is 0 Å². The molecule has 0 saturated heterocycles. The van der Waals surface area contributed by atoms with Crippen LogP contribution >= 0.6 is 11.3 Å². The minimum atomic E-state index is -0.490. The van der Waals surface area contributed by atoms with Crippen molar-refractivity contribution in [1.29, 1.82) is 0 Å². The second-order valence-corrected chi connectivity index (χ2v) is 31.5. The fourth-order valence-electron chi connectivity index (χ4n) is 20.1. The minimum absolute atomic E-state index is 0.447. The van der Waals surface area contributed by atoms with Crippen LogP contribution in [0.4, 0.5) is 34.1 Å². The number of fused-ring (bicyclic) bond motifs is 27. The Morgan fingerprint density at radius 2 is 0.598 bits per heavy atom. The largest absolute Gasteiger partial charge is 0.456 e. The predicted molar refractivity (Wildman–Crippen MR) is 468 cm³/mol. The third-order valence-electron chi connectivity index (χ3n) is 24.9. The maximum Gasteiger partial charge on any atom is 0.136 e. The molecule has 0 saturated carbocycles. The van der Waals surface area contributed by atoms with Crippen LogP contribution in [0.2, 0.25) is 0 Å². The summed E-state index contributed by atoms with van der Waals surface area (Å²) in [6, 6.07) is 150. The molecule has 0 unspecified atom stereocenters. The summed E-state index contributed by atoms with van der Waals surface area (Å²) in [6.45, 7) is 0. The fourth-order valence-corrected chi connectivity index (χ4v) is 21.4. The van der Waals surface area contributed by atoms with Gasteiger partial charge in [0.25, 0.3) is 0 Å². The van der Waals surface area contributed by atoms with Crippen molar-refractivity contribution >= 4 is 98.3 Å². The number of para-hydroxylation sites is 1. The van der Waals surface area contributed by atoms with Gasteiger partial charge in [-0.1, -0.05) is 285 Å². The maximum absolute atomic E-state index is 6.86. The molecule has 4 heteroatoms. The van der Waals surface area contributed by atoms with Gasteiger partial charge in [-0.15, -0.1) is 11.3 Å². The van der Waals surface area contributed by atoms with Crippen molar-refractivity contribution in [1.82, 2.24) is 0 Å². The van der Waals surface area contributed by atoms with E-state index in [4.69, 9.17) is 4.42 Å². The van der Waals surface area contributed by atoms with Gasteiger partial charge in [-0.05, 0) is 260 Å². The number of nitrogens with zero attached hydrogens (tertiary/aromatic N) is 2. The molecular formula is C108H66N2OS. The Labute approximate surface area is 652 Å². The van der Waals surface area contributed by atoms with Crippen molar-refractivity contribution in [2.75, 3.05) is 9.80 Å². The lowest BCUT2D eigenvalue weighted by atomic mass is 9.70. The highest BCUT2D eigenvalue weighted by molar-refractivity contribution is 7.26. The number of thiophene rings is 1. The Hall–Kier alpha value is -14.2. The van der Waals surface area contributed by atoms with E-state index in [1.807, 2.05) is 11.3 Å². The summed E-state index contributed by atoms with van der Waals surface area (Å²) in [5.41, 5.74) is 37.5. The van der Waals surface area contributed by atoms with Gasteiger partial charge in [0.05, 0.1) is 10.8 Å². The van der Waals surface area contributed by atoms with E-state index in [9.17, 15) is 0 Å². The molecule has 4 aliphatic carbocycles. The average molecular weight is 1440 g/mol.